The van der Waals surface area contributed by atoms with Crippen molar-refractivity contribution in [3.8, 4) is 5.75 Å². The molecule has 8 heteroatoms. The first kappa shape index (κ1) is 20.5. The average molecular weight is 429 g/mol. The minimum atomic E-state index is -0.538. The third-order valence-electron chi connectivity index (χ3n) is 3.46. The van der Waals surface area contributed by atoms with Gasteiger partial charge in [0, 0.05) is 23.1 Å². The number of alkyl carbamates (subject to hydrolysis) is 1. The second-order valence-corrected chi connectivity index (χ2v) is 7.77. The van der Waals surface area contributed by atoms with Gasteiger partial charge in [0.25, 0.3) is 5.91 Å². The van der Waals surface area contributed by atoms with Gasteiger partial charge in [0.2, 0.25) is 0 Å². The summed E-state index contributed by atoms with van der Waals surface area (Å²) in [5, 5.41) is 2.63. The molecule has 0 radical (unpaired) electrons. The third kappa shape index (κ3) is 6.84. The molecule has 1 fully saturated rings. The highest BCUT2D eigenvalue weighted by Crippen LogP contribution is 2.23. The van der Waals surface area contributed by atoms with Gasteiger partial charge in [-0.3, -0.25) is 4.79 Å². The molecule has 0 bridgehead atoms. The fourth-order valence-corrected chi connectivity index (χ4v) is 2.83. The van der Waals surface area contributed by atoms with Crippen molar-refractivity contribution in [1.82, 2.24) is 10.2 Å². The molecule has 26 heavy (non-hydrogen) atoms. The first-order valence-corrected chi connectivity index (χ1v) is 9.31. The van der Waals surface area contributed by atoms with Crippen LogP contribution in [-0.4, -0.2) is 62.0 Å². The van der Waals surface area contributed by atoms with E-state index in [1.54, 1.807) is 43.9 Å². The van der Waals surface area contributed by atoms with Crippen LogP contribution in [0.2, 0.25) is 0 Å². The van der Waals surface area contributed by atoms with Crippen LogP contribution in [0, 0.1) is 0 Å². The smallest absolute Gasteiger partial charge is 0.407 e. The highest BCUT2D eigenvalue weighted by Gasteiger charge is 2.19. The molecule has 2 amide bonds. The van der Waals surface area contributed by atoms with Gasteiger partial charge in [-0.25, -0.2) is 4.79 Å². The predicted octanol–water partition coefficient (Wildman–Crippen LogP) is 2.83. The predicted molar refractivity (Wildman–Crippen MR) is 101 cm³/mol. The molecule has 1 saturated heterocycles. The van der Waals surface area contributed by atoms with Crippen molar-refractivity contribution in [3.05, 3.63) is 28.2 Å². The molecule has 1 aliphatic heterocycles. The van der Waals surface area contributed by atoms with Crippen LogP contribution >= 0.6 is 15.9 Å². The molecule has 0 aromatic heterocycles. The Morgan fingerprint density at radius 3 is 2.58 bits per heavy atom. The van der Waals surface area contributed by atoms with Crippen molar-refractivity contribution < 1.29 is 23.8 Å². The summed E-state index contributed by atoms with van der Waals surface area (Å²) in [4.78, 5) is 25.9. The van der Waals surface area contributed by atoms with E-state index in [9.17, 15) is 9.59 Å². The topological polar surface area (TPSA) is 77.1 Å². The third-order valence-corrected chi connectivity index (χ3v) is 3.91. The van der Waals surface area contributed by atoms with Crippen LogP contribution < -0.4 is 10.1 Å². The number of rotatable bonds is 5. The van der Waals surface area contributed by atoms with Crippen molar-refractivity contribution in [2.75, 3.05) is 39.5 Å². The molecule has 144 valence electrons. The van der Waals surface area contributed by atoms with E-state index in [0.717, 1.165) is 4.47 Å². The number of amides is 2. The van der Waals surface area contributed by atoms with Crippen molar-refractivity contribution in [3.63, 3.8) is 0 Å². The molecule has 7 nitrogen and oxygen atoms in total. The molecule has 1 aromatic carbocycles. The molecule has 2 rings (SSSR count). The zero-order valence-electron chi connectivity index (χ0n) is 15.3. The van der Waals surface area contributed by atoms with E-state index in [0.29, 0.717) is 44.2 Å². The van der Waals surface area contributed by atoms with Gasteiger partial charge in [0.05, 0.1) is 19.8 Å². The van der Waals surface area contributed by atoms with Crippen molar-refractivity contribution >= 4 is 27.9 Å². The SMILES string of the molecule is CC(C)(C)OC(=O)NCCOc1cc(Br)cc(C(=O)N2CCOCC2)c1. The largest absolute Gasteiger partial charge is 0.492 e. The Bertz CT molecular complexity index is 639. The lowest BCUT2D eigenvalue weighted by Gasteiger charge is -2.27. The number of morpholine rings is 1. The number of nitrogens with one attached hydrogen (secondary N) is 1. The number of nitrogens with zero attached hydrogens (tertiary/aromatic N) is 1. The van der Waals surface area contributed by atoms with E-state index in [4.69, 9.17) is 14.2 Å². The van der Waals surface area contributed by atoms with Crippen LogP contribution in [0.3, 0.4) is 0 Å². The monoisotopic (exact) mass is 428 g/mol. The van der Waals surface area contributed by atoms with E-state index in [-0.39, 0.29) is 12.5 Å². The van der Waals surface area contributed by atoms with Gasteiger partial charge in [-0.2, -0.15) is 0 Å². The van der Waals surface area contributed by atoms with Gasteiger partial charge in [-0.1, -0.05) is 15.9 Å². The summed E-state index contributed by atoms with van der Waals surface area (Å²) >= 11 is 3.41. The molecule has 0 saturated carbocycles. The summed E-state index contributed by atoms with van der Waals surface area (Å²) in [6, 6.07) is 5.25. The quantitative estimate of drug-likeness (QED) is 0.729. The minimum Gasteiger partial charge on any atom is -0.492 e. The zero-order chi connectivity index (χ0) is 19.2. The molecular formula is C18H25BrN2O5. The Morgan fingerprint density at radius 2 is 1.92 bits per heavy atom. The lowest BCUT2D eigenvalue weighted by molar-refractivity contribution is 0.0302. The molecule has 1 heterocycles. The molecule has 1 aliphatic rings. The lowest BCUT2D eigenvalue weighted by Crippen LogP contribution is -2.40. The number of hydrogen-bond donors (Lipinski definition) is 1. The van der Waals surface area contributed by atoms with E-state index in [1.165, 1.54) is 0 Å². The van der Waals surface area contributed by atoms with Gasteiger partial charge in [-0.15, -0.1) is 0 Å². The maximum Gasteiger partial charge on any atom is 0.407 e. The highest BCUT2D eigenvalue weighted by atomic mass is 79.9. The summed E-state index contributed by atoms with van der Waals surface area (Å²) < 4.78 is 16.8. The maximum atomic E-state index is 12.6. The van der Waals surface area contributed by atoms with Crippen LogP contribution in [-0.2, 0) is 9.47 Å². The van der Waals surface area contributed by atoms with E-state index in [2.05, 4.69) is 21.2 Å². The number of hydrogen-bond acceptors (Lipinski definition) is 5. The van der Waals surface area contributed by atoms with E-state index in [1.807, 2.05) is 0 Å². The Kier molecular flexibility index (Phi) is 7.28. The van der Waals surface area contributed by atoms with Gasteiger partial charge in [-0.05, 0) is 39.0 Å². The van der Waals surface area contributed by atoms with Crippen LogP contribution in [0.1, 0.15) is 31.1 Å². The standard InChI is InChI=1S/C18H25BrN2O5/c1-18(2,3)26-17(23)20-4-7-25-15-11-13(10-14(19)12-15)16(22)21-5-8-24-9-6-21/h10-12H,4-9H2,1-3H3,(H,20,23). The normalized spacial score (nSPS) is 14.7. The van der Waals surface area contributed by atoms with Crippen LogP contribution in [0.25, 0.3) is 0 Å². The summed E-state index contributed by atoms with van der Waals surface area (Å²) in [6.07, 6.45) is -0.487. The van der Waals surface area contributed by atoms with Crippen molar-refractivity contribution in [2.45, 2.75) is 26.4 Å². The van der Waals surface area contributed by atoms with Crippen LogP contribution in [0.15, 0.2) is 22.7 Å². The summed E-state index contributed by atoms with van der Waals surface area (Å²) in [6.45, 7) is 8.25. The zero-order valence-corrected chi connectivity index (χ0v) is 16.9. The Labute approximate surface area is 162 Å². The van der Waals surface area contributed by atoms with Crippen LogP contribution in [0.5, 0.6) is 5.75 Å². The number of benzene rings is 1. The maximum absolute atomic E-state index is 12.6. The van der Waals surface area contributed by atoms with E-state index < -0.39 is 11.7 Å². The molecule has 0 unspecified atom stereocenters. The molecule has 1 N–H and O–H groups in total. The molecule has 1 aromatic rings. The van der Waals surface area contributed by atoms with Gasteiger partial charge < -0.3 is 24.4 Å². The van der Waals surface area contributed by atoms with Crippen LogP contribution in [0.4, 0.5) is 4.79 Å². The van der Waals surface area contributed by atoms with E-state index >= 15 is 0 Å². The first-order valence-electron chi connectivity index (χ1n) is 8.52. The number of halogens is 1. The minimum absolute atomic E-state index is 0.0497. The molecular weight excluding hydrogens is 404 g/mol. The summed E-state index contributed by atoms with van der Waals surface area (Å²) in [5.74, 6) is 0.508. The second-order valence-electron chi connectivity index (χ2n) is 6.86. The highest BCUT2D eigenvalue weighted by molar-refractivity contribution is 9.10. The second kappa shape index (κ2) is 9.23. The number of carbonyl (C=O) groups excluding carboxylic acids is 2. The Hall–Kier alpha value is -1.80. The van der Waals surface area contributed by atoms with Crippen molar-refractivity contribution in [2.24, 2.45) is 0 Å². The molecule has 0 aliphatic carbocycles. The average Bonchev–Trinajstić information content (AvgIpc) is 2.57. The molecule has 0 atom stereocenters. The Balaban J connectivity index is 1.87. The number of ether oxygens (including phenoxy) is 3. The lowest BCUT2D eigenvalue weighted by atomic mass is 10.2. The summed E-state index contributed by atoms with van der Waals surface area (Å²) in [5.41, 5.74) is 0.0145. The van der Waals surface area contributed by atoms with Gasteiger partial charge in [0.1, 0.15) is 18.0 Å². The fourth-order valence-electron chi connectivity index (χ4n) is 2.35. The fraction of sp³-hybridized carbons (Fsp3) is 0.556. The van der Waals surface area contributed by atoms with Gasteiger partial charge >= 0.3 is 6.09 Å². The molecule has 0 spiro atoms. The van der Waals surface area contributed by atoms with Gasteiger partial charge in [0.15, 0.2) is 0 Å². The summed E-state index contributed by atoms with van der Waals surface area (Å²) in [7, 11) is 0. The number of carbonyl (C=O) groups is 2. The Morgan fingerprint density at radius 1 is 1.23 bits per heavy atom. The van der Waals surface area contributed by atoms with Crippen molar-refractivity contribution in [1.29, 1.82) is 0 Å². The first-order chi connectivity index (χ1) is 12.2.